The second-order valence-electron chi connectivity index (χ2n) is 5.74. The summed E-state index contributed by atoms with van der Waals surface area (Å²) in [6.45, 7) is 1.40. The third-order valence-corrected chi connectivity index (χ3v) is 4.52. The first-order chi connectivity index (χ1) is 13.1. The van der Waals surface area contributed by atoms with Crippen molar-refractivity contribution >= 4 is 22.9 Å². The van der Waals surface area contributed by atoms with Crippen LogP contribution in [0.15, 0.2) is 46.2 Å². The normalized spacial score (nSPS) is 11.1. The standard InChI is InChI=1S/C18H19FN4O3S/c1-25-9-8-23(11-16(24)20-14-6-4-13(19)5-7-14)12-17-21-22-18(26-17)15-3-2-10-27-15/h2-7,10H,8-9,11-12H2,1H3,(H,20,24). The summed E-state index contributed by atoms with van der Waals surface area (Å²) in [5.74, 6) is 0.301. The largest absolute Gasteiger partial charge is 0.419 e. The van der Waals surface area contributed by atoms with Crippen LogP contribution in [0.3, 0.4) is 0 Å². The Labute approximate surface area is 159 Å². The monoisotopic (exact) mass is 390 g/mol. The van der Waals surface area contributed by atoms with Crippen molar-refractivity contribution in [1.82, 2.24) is 15.1 Å². The number of carbonyl (C=O) groups is 1. The minimum absolute atomic E-state index is 0.109. The van der Waals surface area contributed by atoms with Gasteiger partial charge in [-0.25, -0.2) is 4.39 Å². The highest BCUT2D eigenvalue weighted by Crippen LogP contribution is 2.23. The Hall–Kier alpha value is -2.62. The van der Waals surface area contributed by atoms with Crippen molar-refractivity contribution in [3.05, 3.63) is 53.5 Å². The molecule has 3 rings (SSSR count). The van der Waals surface area contributed by atoms with Gasteiger partial charge in [0, 0.05) is 19.3 Å². The number of halogens is 1. The van der Waals surface area contributed by atoms with E-state index in [0.717, 1.165) is 4.88 Å². The average Bonchev–Trinajstić information content (AvgIpc) is 3.33. The highest BCUT2D eigenvalue weighted by atomic mass is 32.1. The van der Waals surface area contributed by atoms with Crippen LogP contribution in [0.4, 0.5) is 10.1 Å². The first-order valence-corrected chi connectivity index (χ1v) is 9.15. The van der Waals surface area contributed by atoms with E-state index in [2.05, 4.69) is 15.5 Å². The highest BCUT2D eigenvalue weighted by molar-refractivity contribution is 7.13. The summed E-state index contributed by atoms with van der Waals surface area (Å²) >= 11 is 1.51. The lowest BCUT2D eigenvalue weighted by Gasteiger charge is -2.19. The molecule has 1 N–H and O–H groups in total. The van der Waals surface area contributed by atoms with Gasteiger partial charge in [-0.1, -0.05) is 6.07 Å². The molecule has 0 saturated heterocycles. The van der Waals surface area contributed by atoms with Crippen LogP contribution in [0, 0.1) is 5.82 Å². The molecule has 0 unspecified atom stereocenters. The van der Waals surface area contributed by atoms with Crippen LogP contribution in [0.1, 0.15) is 5.89 Å². The molecule has 1 amide bonds. The Kier molecular flexibility index (Phi) is 6.64. The molecule has 0 aliphatic heterocycles. The molecule has 142 valence electrons. The number of hydrogen-bond donors (Lipinski definition) is 1. The van der Waals surface area contributed by atoms with E-state index < -0.39 is 0 Å². The van der Waals surface area contributed by atoms with Gasteiger partial charge >= 0.3 is 0 Å². The Morgan fingerprint density at radius 1 is 1.30 bits per heavy atom. The first-order valence-electron chi connectivity index (χ1n) is 8.27. The topological polar surface area (TPSA) is 80.5 Å². The molecule has 27 heavy (non-hydrogen) atoms. The number of aromatic nitrogens is 2. The molecule has 0 atom stereocenters. The van der Waals surface area contributed by atoms with E-state index in [9.17, 15) is 9.18 Å². The van der Waals surface area contributed by atoms with E-state index in [-0.39, 0.29) is 18.3 Å². The molecule has 0 fully saturated rings. The summed E-state index contributed by atoms with van der Waals surface area (Å²) in [6, 6.07) is 9.43. The number of benzene rings is 1. The van der Waals surface area contributed by atoms with E-state index in [4.69, 9.17) is 9.15 Å². The number of rotatable bonds is 9. The number of nitrogens with one attached hydrogen (secondary N) is 1. The van der Waals surface area contributed by atoms with Crippen LogP contribution in [-0.4, -0.2) is 47.8 Å². The average molecular weight is 390 g/mol. The third kappa shape index (κ3) is 5.68. The molecule has 2 aromatic heterocycles. The zero-order valence-corrected chi connectivity index (χ0v) is 15.5. The molecular weight excluding hydrogens is 371 g/mol. The number of thiophene rings is 1. The molecule has 9 heteroatoms. The predicted octanol–water partition coefficient (Wildman–Crippen LogP) is 3.02. The van der Waals surface area contributed by atoms with Crippen LogP contribution >= 0.6 is 11.3 Å². The van der Waals surface area contributed by atoms with E-state index in [1.807, 2.05) is 22.4 Å². The van der Waals surface area contributed by atoms with Crippen molar-refractivity contribution in [2.24, 2.45) is 0 Å². The maximum Gasteiger partial charge on any atom is 0.257 e. The number of ether oxygens (including phenoxy) is 1. The van der Waals surface area contributed by atoms with Gasteiger partial charge in [-0.2, -0.15) is 0 Å². The van der Waals surface area contributed by atoms with E-state index >= 15 is 0 Å². The third-order valence-electron chi connectivity index (χ3n) is 3.66. The minimum Gasteiger partial charge on any atom is -0.419 e. The van der Waals surface area contributed by atoms with Crippen LogP contribution in [0.5, 0.6) is 0 Å². The van der Waals surface area contributed by atoms with Gasteiger partial charge in [0.15, 0.2) is 0 Å². The molecule has 2 heterocycles. The van der Waals surface area contributed by atoms with Gasteiger partial charge in [-0.05, 0) is 35.7 Å². The highest BCUT2D eigenvalue weighted by Gasteiger charge is 2.16. The maximum atomic E-state index is 13.0. The number of amides is 1. The zero-order valence-electron chi connectivity index (χ0n) is 14.7. The van der Waals surface area contributed by atoms with Gasteiger partial charge in [-0.3, -0.25) is 9.69 Å². The van der Waals surface area contributed by atoms with Crippen molar-refractivity contribution in [2.45, 2.75) is 6.54 Å². The fourth-order valence-electron chi connectivity index (χ4n) is 2.38. The van der Waals surface area contributed by atoms with Gasteiger partial charge in [-0.15, -0.1) is 21.5 Å². The Morgan fingerprint density at radius 2 is 2.11 bits per heavy atom. The van der Waals surface area contributed by atoms with Gasteiger partial charge in [0.05, 0.1) is 24.6 Å². The number of carbonyl (C=O) groups excluding carboxylic acids is 1. The fraction of sp³-hybridized carbons (Fsp3) is 0.278. The minimum atomic E-state index is -0.354. The van der Waals surface area contributed by atoms with Crippen LogP contribution in [0.25, 0.3) is 10.8 Å². The Balaban J connectivity index is 1.61. The summed E-state index contributed by atoms with van der Waals surface area (Å²) in [7, 11) is 1.60. The smallest absolute Gasteiger partial charge is 0.257 e. The molecular formula is C18H19FN4O3S. The summed E-state index contributed by atoms with van der Waals surface area (Å²) in [6.07, 6.45) is 0. The van der Waals surface area contributed by atoms with Gasteiger partial charge in [0.1, 0.15) is 5.82 Å². The lowest BCUT2D eigenvalue weighted by Crippen LogP contribution is -2.35. The molecule has 0 aliphatic rings. The molecule has 3 aromatic rings. The molecule has 0 saturated carbocycles. The van der Waals surface area contributed by atoms with Crippen LogP contribution in [0.2, 0.25) is 0 Å². The number of methoxy groups -OCH3 is 1. The maximum absolute atomic E-state index is 13.0. The summed E-state index contributed by atoms with van der Waals surface area (Å²) < 4.78 is 23.8. The summed E-state index contributed by atoms with van der Waals surface area (Å²) in [5.41, 5.74) is 0.533. The summed E-state index contributed by atoms with van der Waals surface area (Å²) in [4.78, 5) is 15.0. The first kappa shape index (κ1) is 19.2. The van der Waals surface area contributed by atoms with E-state index in [1.165, 1.54) is 35.6 Å². The molecule has 1 aromatic carbocycles. The van der Waals surface area contributed by atoms with Crippen molar-refractivity contribution in [1.29, 1.82) is 0 Å². The lowest BCUT2D eigenvalue weighted by molar-refractivity contribution is -0.117. The van der Waals surface area contributed by atoms with E-state index in [0.29, 0.717) is 37.2 Å². The predicted molar refractivity (Wildman–Crippen MR) is 99.8 cm³/mol. The zero-order chi connectivity index (χ0) is 19.1. The van der Waals surface area contributed by atoms with Gasteiger partial charge in [0.25, 0.3) is 5.89 Å². The number of hydrogen-bond acceptors (Lipinski definition) is 7. The Morgan fingerprint density at radius 3 is 2.81 bits per heavy atom. The van der Waals surface area contributed by atoms with Crippen molar-refractivity contribution < 1.29 is 18.3 Å². The fourth-order valence-corrected chi connectivity index (χ4v) is 3.02. The second kappa shape index (κ2) is 9.36. The molecule has 0 spiro atoms. The van der Waals surface area contributed by atoms with Crippen LogP contribution < -0.4 is 5.32 Å². The van der Waals surface area contributed by atoms with Crippen molar-refractivity contribution in [2.75, 3.05) is 32.1 Å². The quantitative estimate of drug-likeness (QED) is 0.605. The lowest BCUT2D eigenvalue weighted by atomic mass is 10.3. The number of anilines is 1. The molecule has 0 bridgehead atoms. The van der Waals surface area contributed by atoms with Crippen molar-refractivity contribution in [3.63, 3.8) is 0 Å². The molecule has 7 nitrogen and oxygen atoms in total. The van der Waals surface area contributed by atoms with E-state index in [1.54, 1.807) is 7.11 Å². The summed E-state index contributed by atoms with van der Waals surface area (Å²) in [5, 5.41) is 12.8. The Bertz CT molecular complexity index is 852. The van der Waals surface area contributed by atoms with Crippen molar-refractivity contribution in [3.8, 4) is 10.8 Å². The molecule has 0 radical (unpaired) electrons. The number of nitrogens with zero attached hydrogens (tertiary/aromatic N) is 3. The van der Waals surface area contributed by atoms with Crippen LogP contribution in [-0.2, 0) is 16.1 Å². The second-order valence-corrected chi connectivity index (χ2v) is 6.68. The van der Waals surface area contributed by atoms with Gasteiger partial charge in [0.2, 0.25) is 11.8 Å². The molecule has 0 aliphatic carbocycles. The van der Waals surface area contributed by atoms with Gasteiger partial charge < -0.3 is 14.5 Å². The SMILES string of the molecule is COCCN(CC(=O)Nc1ccc(F)cc1)Cc1nnc(-c2cccs2)o1.